The average molecular weight is 218 g/mol. The van der Waals surface area contributed by atoms with Gasteiger partial charge >= 0.3 is 5.97 Å². The minimum absolute atomic E-state index is 0.0426. The van der Waals surface area contributed by atoms with Crippen LogP contribution in [0.5, 0.6) is 0 Å². The fraction of sp³-hybridized carbons (Fsp3) is 0.786. The van der Waals surface area contributed by atoms with Gasteiger partial charge in [0, 0.05) is 0 Å². The average Bonchev–Trinajstić information content (AvgIpc) is 2.92. The Hall–Kier alpha value is -0.790. The number of carbonyl (C=O) groups is 1. The van der Waals surface area contributed by atoms with Crippen LogP contribution in [0.25, 0.3) is 0 Å². The first-order valence-corrected chi connectivity index (χ1v) is 6.59. The van der Waals surface area contributed by atoms with E-state index < -0.39 is 5.97 Å². The fourth-order valence-corrected chi connectivity index (χ4v) is 5.75. The summed E-state index contributed by atoms with van der Waals surface area (Å²) in [6, 6.07) is 0. The molecule has 0 radical (unpaired) electrons. The van der Waals surface area contributed by atoms with Crippen LogP contribution in [0.4, 0.5) is 0 Å². The van der Waals surface area contributed by atoms with Crippen LogP contribution in [0.3, 0.4) is 0 Å². The SMILES string of the molecule is CC1C2CC(C1C(=O)O)C1C3C=CC(C3)C21. The molecule has 0 saturated heterocycles. The maximum Gasteiger partial charge on any atom is 0.307 e. The van der Waals surface area contributed by atoms with Gasteiger partial charge in [0.1, 0.15) is 0 Å². The molecule has 4 aliphatic rings. The number of hydrogen-bond acceptors (Lipinski definition) is 1. The lowest BCUT2D eigenvalue weighted by Gasteiger charge is -2.38. The van der Waals surface area contributed by atoms with E-state index >= 15 is 0 Å². The monoisotopic (exact) mass is 218 g/mol. The van der Waals surface area contributed by atoms with E-state index in [1.165, 1.54) is 12.8 Å². The van der Waals surface area contributed by atoms with Crippen molar-refractivity contribution in [1.82, 2.24) is 0 Å². The summed E-state index contributed by atoms with van der Waals surface area (Å²) in [6.45, 7) is 2.18. The molecule has 0 aromatic carbocycles. The highest BCUT2D eigenvalue weighted by Crippen LogP contribution is 2.68. The Morgan fingerprint density at radius 3 is 2.38 bits per heavy atom. The highest BCUT2D eigenvalue weighted by atomic mass is 16.4. The summed E-state index contributed by atoms with van der Waals surface area (Å²) in [4.78, 5) is 11.4. The summed E-state index contributed by atoms with van der Waals surface area (Å²) in [6.07, 6.45) is 7.30. The van der Waals surface area contributed by atoms with Gasteiger partial charge in [0.2, 0.25) is 0 Å². The van der Waals surface area contributed by atoms with Gasteiger partial charge in [-0.25, -0.2) is 0 Å². The van der Waals surface area contributed by atoms with E-state index in [1.54, 1.807) is 0 Å². The van der Waals surface area contributed by atoms with Crippen molar-refractivity contribution in [1.29, 1.82) is 0 Å². The first-order valence-electron chi connectivity index (χ1n) is 6.59. The summed E-state index contributed by atoms with van der Waals surface area (Å²) < 4.78 is 0. The molecule has 8 atom stereocenters. The number of carboxylic acid groups (broad SMARTS) is 1. The molecule has 86 valence electrons. The molecular formula is C14H18O2. The third-order valence-corrected chi connectivity index (χ3v) is 6.10. The molecule has 2 heteroatoms. The van der Waals surface area contributed by atoms with Gasteiger partial charge in [-0.1, -0.05) is 19.1 Å². The molecule has 3 saturated carbocycles. The zero-order valence-corrected chi connectivity index (χ0v) is 9.54. The van der Waals surface area contributed by atoms with Crippen LogP contribution in [0.2, 0.25) is 0 Å². The van der Waals surface area contributed by atoms with Gasteiger partial charge in [0.25, 0.3) is 0 Å². The zero-order valence-electron chi connectivity index (χ0n) is 9.54. The standard InChI is InChI=1S/C14H18O2/c1-6-9-5-10(11(6)14(15)16)13-8-3-2-7(4-8)12(9)13/h2-3,6-13H,4-5H2,1H3,(H,15,16). The van der Waals surface area contributed by atoms with Crippen LogP contribution in [0.1, 0.15) is 19.8 Å². The lowest BCUT2D eigenvalue weighted by molar-refractivity contribution is -0.147. The number of hydrogen-bond donors (Lipinski definition) is 1. The number of allylic oxidation sites excluding steroid dienone is 2. The number of fused-ring (bicyclic) bond motifs is 9. The van der Waals surface area contributed by atoms with E-state index in [9.17, 15) is 9.90 Å². The van der Waals surface area contributed by atoms with Crippen molar-refractivity contribution in [3.8, 4) is 0 Å². The molecule has 0 aliphatic heterocycles. The van der Waals surface area contributed by atoms with Crippen molar-refractivity contribution in [3.05, 3.63) is 12.2 Å². The van der Waals surface area contributed by atoms with E-state index in [2.05, 4.69) is 19.1 Å². The van der Waals surface area contributed by atoms with E-state index in [-0.39, 0.29) is 5.92 Å². The van der Waals surface area contributed by atoms with E-state index in [4.69, 9.17) is 0 Å². The van der Waals surface area contributed by atoms with Gasteiger partial charge < -0.3 is 5.11 Å². The molecule has 3 fully saturated rings. The molecule has 0 amide bonds. The molecule has 0 aromatic heterocycles. The number of rotatable bonds is 1. The van der Waals surface area contributed by atoms with Gasteiger partial charge in [-0.2, -0.15) is 0 Å². The third kappa shape index (κ3) is 0.847. The van der Waals surface area contributed by atoms with Crippen LogP contribution < -0.4 is 0 Å². The Bertz CT molecular complexity index is 386. The number of carboxylic acids is 1. The number of aliphatic carboxylic acids is 1. The predicted molar refractivity (Wildman–Crippen MR) is 59.6 cm³/mol. The topological polar surface area (TPSA) is 37.3 Å². The van der Waals surface area contributed by atoms with Crippen molar-refractivity contribution in [3.63, 3.8) is 0 Å². The molecule has 0 spiro atoms. The molecule has 4 aliphatic carbocycles. The Kier molecular flexibility index (Phi) is 1.57. The lowest BCUT2D eigenvalue weighted by Crippen LogP contribution is -2.39. The quantitative estimate of drug-likeness (QED) is 0.542. The third-order valence-electron chi connectivity index (χ3n) is 6.10. The fourth-order valence-electron chi connectivity index (χ4n) is 5.75. The first kappa shape index (κ1) is 9.26. The molecular weight excluding hydrogens is 200 g/mol. The van der Waals surface area contributed by atoms with Crippen molar-refractivity contribution in [2.75, 3.05) is 0 Å². The highest BCUT2D eigenvalue weighted by Gasteiger charge is 2.64. The summed E-state index contributed by atoms with van der Waals surface area (Å²) in [5.74, 6) is 4.10. The zero-order chi connectivity index (χ0) is 11.0. The second kappa shape index (κ2) is 2.72. The molecule has 8 unspecified atom stereocenters. The van der Waals surface area contributed by atoms with Crippen LogP contribution in [-0.4, -0.2) is 11.1 Å². The summed E-state index contributed by atoms with van der Waals surface area (Å²) in [5.41, 5.74) is 0. The van der Waals surface area contributed by atoms with Crippen molar-refractivity contribution in [2.45, 2.75) is 19.8 Å². The largest absolute Gasteiger partial charge is 0.481 e. The molecule has 1 N–H and O–H groups in total. The Morgan fingerprint density at radius 1 is 1.12 bits per heavy atom. The van der Waals surface area contributed by atoms with Crippen LogP contribution in [0.15, 0.2) is 12.2 Å². The van der Waals surface area contributed by atoms with Crippen LogP contribution in [-0.2, 0) is 4.79 Å². The second-order valence-corrected chi connectivity index (χ2v) is 6.39. The van der Waals surface area contributed by atoms with Gasteiger partial charge in [0.05, 0.1) is 5.92 Å². The highest BCUT2D eigenvalue weighted by molar-refractivity contribution is 5.71. The molecule has 4 rings (SSSR count). The Morgan fingerprint density at radius 2 is 1.75 bits per heavy atom. The molecule has 2 nitrogen and oxygen atoms in total. The van der Waals surface area contributed by atoms with Crippen molar-refractivity contribution < 1.29 is 9.90 Å². The smallest absolute Gasteiger partial charge is 0.307 e. The summed E-state index contributed by atoms with van der Waals surface area (Å²) in [5, 5.41) is 9.38. The van der Waals surface area contributed by atoms with Crippen molar-refractivity contribution >= 4 is 5.97 Å². The molecule has 4 bridgehead atoms. The first-order chi connectivity index (χ1) is 7.68. The molecule has 0 heterocycles. The van der Waals surface area contributed by atoms with Crippen molar-refractivity contribution in [2.24, 2.45) is 47.3 Å². The minimum Gasteiger partial charge on any atom is -0.481 e. The second-order valence-electron chi connectivity index (χ2n) is 6.39. The summed E-state index contributed by atoms with van der Waals surface area (Å²) in [7, 11) is 0. The maximum absolute atomic E-state index is 11.4. The Labute approximate surface area is 95.7 Å². The van der Waals surface area contributed by atoms with Crippen LogP contribution >= 0.6 is 0 Å². The molecule has 16 heavy (non-hydrogen) atoms. The van der Waals surface area contributed by atoms with Gasteiger partial charge in [-0.15, -0.1) is 0 Å². The predicted octanol–water partition coefficient (Wildman–Crippen LogP) is 2.41. The normalized spacial score (nSPS) is 60.6. The van der Waals surface area contributed by atoms with E-state index in [1.807, 2.05) is 0 Å². The van der Waals surface area contributed by atoms with Gasteiger partial charge in [-0.3, -0.25) is 4.79 Å². The summed E-state index contributed by atoms with van der Waals surface area (Å²) >= 11 is 0. The van der Waals surface area contributed by atoms with Gasteiger partial charge in [-0.05, 0) is 54.3 Å². The molecule has 0 aromatic rings. The minimum atomic E-state index is -0.537. The van der Waals surface area contributed by atoms with Gasteiger partial charge in [0.15, 0.2) is 0 Å². The Balaban J connectivity index is 1.74. The maximum atomic E-state index is 11.4. The van der Waals surface area contributed by atoms with Crippen LogP contribution in [0, 0.1) is 47.3 Å². The van der Waals surface area contributed by atoms with E-state index in [0.717, 1.165) is 23.7 Å². The van der Waals surface area contributed by atoms with E-state index in [0.29, 0.717) is 17.8 Å². The lowest BCUT2D eigenvalue weighted by atomic mass is 9.65.